The summed E-state index contributed by atoms with van der Waals surface area (Å²) in [6.45, 7) is 56.6. The first-order valence-corrected chi connectivity index (χ1v) is 50.3. The smallest absolute Gasteiger partial charge is 0.349 e. The number of aromatic nitrogens is 4. The van der Waals surface area contributed by atoms with Crippen LogP contribution >= 0.6 is 58.8 Å². The number of hydrogen-bond donors (Lipinski definition) is 1. The second kappa shape index (κ2) is 55.2. The van der Waals surface area contributed by atoms with Gasteiger partial charge in [0, 0.05) is 163 Å². The number of azide groups is 1. The Kier molecular flexibility index (Phi) is 46.8. The van der Waals surface area contributed by atoms with Crippen LogP contribution < -0.4 is 22.3 Å². The molecule has 728 valence electrons. The van der Waals surface area contributed by atoms with Gasteiger partial charge in [-0.3, -0.25) is 23.5 Å². The van der Waals surface area contributed by atoms with Gasteiger partial charge in [0.05, 0.1) is 69.1 Å². The molecule has 0 saturated carbocycles. The van der Waals surface area contributed by atoms with Gasteiger partial charge in [-0.1, -0.05) is 85.3 Å². The third kappa shape index (κ3) is 36.4. The molecule has 13 atom stereocenters. The van der Waals surface area contributed by atoms with E-state index < -0.39 is 24.1 Å². The maximum absolute atomic E-state index is 12.7. The van der Waals surface area contributed by atoms with Crippen molar-refractivity contribution in [3.05, 3.63) is 170 Å². The molecule has 130 heavy (non-hydrogen) atoms. The highest BCUT2D eigenvalue weighted by atomic mass is 32.2. The molecule has 1 unspecified atom stereocenters. The third-order valence-electron chi connectivity index (χ3n) is 20.1. The summed E-state index contributed by atoms with van der Waals surface area (Å²) >= 11 is 8.81. The molecule has 12 rings (SSSR count). The predicted octanol–water partition coefficient (Wildman–Crippen LogP) is 14.7. The summed E-state index contributed by atoms with van der Waals surface area (Å²) in [5.41, 5.74) is 9.15. The second-order valence-electron chi connectivity index (χ2n) is 35.2. The molecule has 0 spiro atoms. The molecule has 0 bridgehead atoms. The van der Waals surface area contributed by atoms with E-state index in [0.29, 0.717) is 56.8 Å². The zero-order valence-corrected chi connectivity index (χ0v) is 85.3. The van der Waals surface area contributed by atoms with E-state index >= 15 is 0 Å². The van der Waals surface area contributed by atoms with Gasteiger partial charge in [0.2, 0.25) is 0 Å². The quantitative estimate of drug-likeness (QED) is 0.0308. The Morgan fingerprint density at radius 2 is 1.01 bits per heavy atom. The zero-order valence-electron chi connectivity index (χ0n) is 81.2. The first-order chi connectivity index (χ1) is 61.7. The molecular formula is C91H149N19O15S5. The molecule has 12 heterocycles. The van der Waals surface area contributed by atoms with Gasteiger partial charge in [0.1, 0.15) is 111 Å². The van der Waals surface area contributed by atoms with Gasteiger partial charge < -0.3 is 96.5 Å². The van der Waals surface area contributed by atoms with Crippen LogP contribution in [0.15, 0.2) is 157 Å². The van der Waals surface area contributed by atoms with Gasteiger partial charge in [0.25, 0.3) is 5.56 Å². The van der Waals surface area contributed by atoms with Crippen LogP contribution in [0.25, 0.3) is 10.4 Å². The van der Waals surface area contributed by atoms with E-state index in [0.717, 1.165) is 127 Å². The van der Waals surface area contributed by atoms with Gasteiger partial charge in [-0.05, 0) is 144 Å². The summed E-state index contributed by atoms with van der Waals surface area (Å²) in [5.74, 6) is 11.4. The van der Waals surface area contributed by atoms with Gasteiger partial charge >= 0.3 is 11.4 Å². The van der Waals surface area contributed by atoms with Crippen molar-refractivity contribution in [2.24, 2.45) is 31.0 Å². The number of aryl methyl sites for hydroxylation is 2. The minimum absolute atomic E-state index is 0.00835. The average molecular weight is 1910 g/mol. The van der Waals surface area contributed by atoms with E-state index in [1.54, 1.807) is 90.3 Å². The van der Waals surface area contributed by atoms with E-state index in [4.69, 9.17) is 62.4 Å². The summed E-state index contributed by atoms with van der Waals surface area (Å²) in [6, 6.07) is 1.19. The summed E-state index contributed by atoms with van der Waals surface area (Å²) in [5, 5.41) is 6.97. The maximum atomic E-state index is 12.7. The van der Waals surface area contributed by atoms with E-state index in [1.807, 2.05) is 159 Å². The van der Waals surface area contributed by atoms with Crippen molar-refractivity contribution < 1.29 is 56.8 Å². The maximum Gasteiger partial charge on any atom is 0.349 e. The number of ether oxygens (including phenoxy) is 12. The van der Waals surface area contributed by atoms with Crippen molar-refractivity contribution in [2.75, 3.05) is 137 Å². The number of nitrogens with one attached hydrogen (secondary N) is 1. The Balaban J connectivity index is 0.000000214. The van der Waals surface area contributed by atoms with Crippen molar-refractivity contribution in [3.63, 3.8) is 0 Å². The fourth-order valence-electron chi connectivity index (χ4n) is 13.2. The van der Waals surface area contributed by atoms with Crippen molar-refractivity contribution in [1.29, 1.82) is 0 Å². The summed E-state index contributed by atoms with van der Waals surface area (Å²) in [7, 11) is 11.8. The number of amidine groups is 4. The number of rotatable bonds is 32. The number of nitrogens with zero attached hydrogens (tertiary/aromatic N) is 18. The lowest BCUT2D eigenvalue weighted by Crippen LogP contribution is -2.43. The number of hydrogen-bond acceptors (Lipinski definition) is 33. The Labute approximate surface area is 793 Å². The van der Waals surface area contributed by atoms with E-state index in [-0.39, 0.29) is 99.5 Å². The van der Waals surface area contributed by atoms with Crippen LogP contribution in [0.5, 0.6) is 0 Å². The Bertz CT molecular complexity index is 4420. The van der Waals surface area contributed by atoms with Gasteiger partial charge in [-0.15, -0.1) is 58.8 Å². The molecular weight excluding hydrogens is 1760 g/mol. The van der Waals surface area contributed by atoms with Crippen LogP contribution in [0.2, 0.25) is 0 Å². The van der Waals surface area contributed by atoms with Crippen LogP contribution in [0.4, 0.5) is 0 Å². The molecule has 0 aromatic carbocycles. The molecule has 1 N–H and O–H groups in total. The second-order valence-corrected chi connectivity index (χ2v) is 41.1. The molecule has 2 aromatic rings. The molecule has 6 fully saturated rings. The first kappa shape index (κ1) is 110. The van der Waals surface area contributed by atoms with Gasteiger partial charge in [-0.2, -0.15) is 4.98 Å². The van der Waals surface area contributed by atoms with Crippen molar-refractivity contribution in [1.82, 2.24) is 58.3 Å². The van der Waals surface area contributed by atoms with Crippen LogP contribution in [0.3, 0.4) is 0 Å². The predicted molar refractivity (Wildman–Crippen MR) is 529 cm³/mol. The van der Waals surface area contributed by atoms with Gasteiger partial charge in [-0.25, -0.2) is 24.6 Å². The third-order valence-corrected chi connectivity index (χ3v) is 25.6. The van der Waals surface area contributed by atoms with E-state index in [2.05, 4.69) is 136 Å². The largest absolute Gasteiger partial charge is 0.378 e. The lowest BCUT2D eigenvalue weighted by Gasteiger charge is -2.32. The fourth-order valence-corrected chi connectivity index (χ4v) is 18.2. The fraction of sp³-hybridized carbons (Fsp3) is 0.692. The van der Waals surface area contributed by atoms with Crippen LogP contribution in [-0.2, 0) is 63.3 Å². The molecule has 10 aliphatic rings. The first-order valence-electron chi connectivity index (χ1n) is 45.0. The summed E-state index contributed by atoms with van der Waals surface area (Å²) in [6.07, 6.45) is 24.7. The van der Waals surface area contributed by atoms with Crippen LogP contribution in [0, 0.1) is 12.8 Å². The van der Waals surface area contributed by atoms with E-state index in [1.165, 1.54) is 28.2 Å². The molecule has 34 nitrogen and oxygen atoms in total. The Hall–Kier alpha value is -6.86. The summed E-state index contributed by atoms with van der Waals surface area (Å²) in [4.78, 5) is 75.5. The normalized spacial score (nSPS) is 25.0. The van der Waals surface area contributed by atoms with Crippen molar-refractivity contribution >= 4 is 82.2 Å². The number of unbranched alkanes of at least 4 members (excludes halogenated alkanes) is 3. The number of thioether (sulfide) groups is 5. The number of aliphatic imine (C=N–C) groups is 4. The average Bonchev–Trinajstić information content (AvgIpc) is 1.61. The zero-order chi connectivity index (χ0) is 95.5. The number of likely N-dealkylation sites (N-methyl/N-ethyl adjacent to an activating group) is 3. The SMILES string of the molecule is C=C1N=C(N(C)C)C=CN1[C@H]1CS[C@@H](COC(C)(C)C)O1.C=C1N=C(N(C)C)C=CN1[C@H]1CS[C@@H](COCC(C)C)O1.C=C1N=C(N(C)C)C=CN1[C@H]1CS[C@@H](COCCCC)O1.C=C1NC(=NCC)C=CN1[C@H]1CS[C@@H](COC(C)(C)C)O1.CCCCCOC[C@H]1O[C@@H](n2ccc(CC)nc2=O)CS1.Cc1cn([C@H]2CC(N=[N+]=[N-])[C@@H](COC(C)C)O2)c(=O)n(C(C)C)c1=O. The molecule has 2 aromatic heterocycles. The minimum atomic E-state index is -0.604. The molecule has 0 amide bonds. The molecule has 39 heteroatoms. The molecule has 6 saturated heterocycles. The minimum Gasteiger partial charge on any atom is -0.378 e. The standard InChI is InChI=1S/C16H25N5O4.4C15H25N3O2S.C15H24N2O3S/c1-9(2)21-15(22)11(5)7-20(16(21)23)14-6-12(18-19-17)13(25-14)8-24-10(3)4;1-11-16-12(17(5)6)7-8-18(11)13-10-21-14(20-13)9-19-15(2,3)4;1-11(2)8-19-9-15-20-14(10-21-15)18-7-6-13(17(4)5)16-12(18)3;1-6-16-12-7-8-18(11(2)17-12)13-10-21-14(20-13)9-19-15(3,4)5;1-5-6-9-19-10-15-20-14(11-21-15)18-8-7-13(17(3)4)16-12(18)2;1-3-5-6-9-19-10-14-20-13(11-21-14)17-8-7-12(4-2)16-15(17)18/h7,9-10,12-14H,6,8H2,1-5H3;7-8,13-14H,1,9-10H2,2-6H3;6-7,11,14-15H,3,8-10H2,1-2,4-5H3;7-8,13-14H,2,6,9-10H2,1,3-5H3,(H,16,17);7-8,14-15H,2,5-6,9-11H2,1,3-4H3;7-8,13-14H,3-6,9-11H2,1-2H3/t12?,13-,14-;13-,14+;14-,15+;13-,14+;14-,15+;13-,14+/m111111/s1. The molecule has 0 aliphatic carbocycles. The van der Waals surface area contributed by atoms with Crippen molar-refractivity contribution in [3.8, 4) is 0 Å². The van der Waals surface area contributed by atoms with Crippen LogP contribution in [0.1, 0.15) is 179 Å². The van der Waals surface area contributed by atoms with Gasteiger partial charge in [0.15, 0.2) is 0 Å². The lowest BCUT2D eigenvalue weighted by atomic mass is 10.1. The Morgan fingerprint density at radius 1 is 0.569 bits per heavy atom. The Morgan fingerprint density at radius 3 is 1.41 bits per heavy atom. The monoisotopic (exact) mass is 1910 g/mol. The van der Waals surface area contributed by atoms with E-state index in [9.17, 15) is 14.4 Å². The topological polar surface area (TPSA) is 323 Å². The highest BCUT2D eigenvalue weighted by Crippen LogP contribution is 2.37. The van der Waals surface area contributed by atoms with Crippen molar-refractivity contribution in [2.45, 2.75) is 263 Å². The highest BCUT2D eigenvalue weighted by molar-refractivity contribution is 8.00. The summed E-state index contributed by atoms with van der Waals surface area (Å²) < 4.78 is 74.1. The molecule has 0 radical (unpaired) electrons. The highest BCUT2D eigenvalue weighted by Gasteiger charge is 2.40. The molecule has 10 aliphatic heterocycles. The lowest BCUT2D eigenvalue weighted by molar-refractivity contribution is -0.0754. The van der Waals surface area contributed by atoms with Crippen LogP contribution in [-0.4, -0.2) is 295 Å².